The second-order valence-corrected chi connectivity index (χ2v) is 6.98. The molecule has 0 atom stereocenters. The Kier molecular flexibility index (Phi) is 6.34. The molecule has 0 aromatic heterocycles. The number of nitrogens with zero attached hydrogens (tertiary/aromatic N) is 1. The van der Waals surface area contributed by atoms with Gasteiger partial charge in [-0.3, -0.25) is 4.79 Å². The molecule has 1 heterocycles. The van der Waals surface area contributed by atoms with Gasteiger partial charge in [-0.05, 0) is 43.7 Å². The van der Waals surface area contributed by atoms with Crippen LogP contribution in [-0.2, 0) is 11.0 Å². The summed E-state index contributed by atoms with van der Waals surface area (Å²) < 4.78 is 55.3. The summed E-state index contributed by atoms with van der Waals surface area (Å²) in [7, 11) is 0. The minimum Gasteiger partial charge on any atom is -0.371 e. The quantitative estimate of drug-likeness (QED) is 0.434. The summed E-state index contributed by atoms with van der Waals surface area (Å²) in [6.07, 6.45) is -1.64. The minimum atomic E-state index is -4.54. The fourth-order valence-corrected chi connectivity index (χ4v) is 3.42. The third-order valence-electron chi connectivity index (χ3n) is 4.96. The number of benzene rings is 2. The molecule has 0 aliphatic carbocycles. The molecule has 0 bridgehead atoms. The Morgan fingerprint density at radius 2 is 1.93 bits per heavy atom. The Morgan fingerprint density at radius 1 is 1.17 bits per heavy atom. The van der Waals surface area contributed by atoms with Gasteiger partial charge in [0.25, 0.3) is 5.91 Å². The maximum absolute atomic E-state index is 14.1. The maximum atomic E-state index is 14.1. The Morgan fingerprint density at radius 3 is 2.60 bits per heavy atom. The van der Waals surface area contributed by atoms with E-state index < -0.39 is 23.5 Å². The van der Waals surface area contributed by atoms with Gasteiger partial charge in [0.05, 0.1) is 16.8 Å². The molecule has 0 saturated heterocycles. The van der Waals surface area contributed by atoms with E-state index in [1.54, 1.807) is 11.0 Å². The molecule has 2 aromatic rings. The van der Waals surface area contributed by atoms with Crippen LogP contribution in [0.2, 0.25) is 0 Å². The molecule has 0 fully saturated rings. The Labute approximate surface area is 172 Å². The Balaban J connectivity index is 1.93. The molecule has 1 aliphatic rings. The molecule has 8 heteroatoms. The van der Waals surface area contributed by atoms with Gasteiger partial charge in [-0.1, -0.05) is 19.4 Å². The lowest BCUT2D eigenvalue weighted by Gasteiger charge is -2.27. The van der Waals surface area contributed by atoms with Gasteiger partial charge >= 0.3 is 6.18 Å². The number of carbonyl (C=O) groups excluding carboxylic acids is 1. The molecule has 3 rings (SSSR count). The summed E-state index contributed by atoms with van der Waals surface area (Å²) in [5.74, 6) is -1.10. The summed E-state index contributed by atoms with van der Waals surface area (Å²) in [5.41, 5.74) is -0.0344. The highest BCUT2D eigenvalue weighted by Crippen LogP contribution is 2.39. The van der Waals surface area contributed by atoms with Gasteiger partial charge in [-0.2, -0.15) is 13.2 Å². The number of fused-ring (bicyclic) bond motifs is 1. The maximum Gasteiger partial charge on any atom is 0.418 e. The van der Waals surface area contributed by atoms with Crippen molar-refractivity contribution >= 4 is 28.5 Å². The van der Waals surface area contributed by atoms with Crippen LogP contribution >= 0.6 is 0 Å². The fraction of sp³-hybridized carbons (Fsp3) is 0.318. The van der Waals surface area contributed by atoms with Gasteiger partial charge in [0, 0.05) is 36.2 Å². The number of alkyl halides is 3. The van der Waals surface area contributed by atoms with E-state index in [1.165, 1.54) is 30.5 Å². The number of hydrogen-bond donors (Lipinski definition) is 2. The van der Waals surface area contributed by atoms with Crippen LogP contribution in [0.1, 0.15) is 37.8 Å². The van der Waals surface area contributed by atoms with Crippen LogP contribution in [-0.4, -0.2) is 19.0 Å². The predicted molar refractivity (Wildman–Crippen MR) is 111 cm³/mol. The van der Waals surface area contributed by atoms with Crippen LogP contribution in [0.5, 0.6) is 0 Å². The number of anilines is 3. The number of nitrogens with one attached hydrogen (secondary N) is 2. The smallest absolute Gasteiger partial charge is 0.371 e. The molecule has 30 heavy (non-hydrogen) atoms. The van der Waals surface area contributed by atoms with Crippen LogP contribution in [0.4, 0.5) is 34.6 Å². The SMILES string of the molecule is CCCCN(CC)c1ccc(NC=C2C(=O)Nc3cccc(F)c32)cc1C(F)(F)F. The van der Waals surface area contributed by atoms with Crippen molar-refractivity contribution < 1.29 is 22.4 Å². The lowest BCUT2D eigenvalue weighted by atomic mass is 10.1. The number of unbranched alkanes of at least 4 members (excludes halogenated alkanes) is 1. The number of halogens is 4. The number of carbonyl (C=O) groups is 1. The number of rotatable bonds is 7. The van der Waals surface area contributed by atoms with E-state index in [-0.39, 0.29) is 22.5 Å². The summed E-state index contributed by atoms with van der Waals surface area (Å²) in [5, 5.41) is 5.25. The normalized spacial score (nSPS) is 14.6. The first kappa shape index (κ1) is 21.7. The predicted octanol–water partition coefficient (Wildman–Crippen LogP) is 5.88. The summed E-state index contributed by atoms with van der Waals surface area (Å²) in [6.45, 7) is 4.79. The first-order valence-electron chi connectivity index (χ1n) is 9.79. The van der Waals surface area contributed by atoms with Gasteiger partial charge < -0.3 is 15.5 Å². The summed E-state index contributed by atoms with van der Waals surface area (Å²) in [6, 6.07) is 8.20. The number of hydrogen-bond acceptors (Lipinski definition) is 3. The first-order chi connectivity index (χ1) is 14.3. The molecule has 0 radical (unpaired) electrons. The molecular weight excluding hydrogens is 398 g/mol. The van der Waals surface area contributed by atoms with Gasteiger partial charge in [0.1, 0.15) is 5.82 Å². The average Bonchev–Trinajstić information content (AvgIpc) is 3.03. The molecule has 2 aromatic carbocycles. The lowest BCUT2D eigenvalue weighted by molar-refractivity contribution is -0.137. The van der Waals surface area contributed by atoms with E-state index in [0.717, 1.165) is 18.9 Å². The highest BCUT2D eigenvalue weighted by atomic mass is 19.4. The van der Waals surface area contributed by atoms with Crippen molar-refractivity contribution in [1.82, 2.24) is 0 Å². The Hall–Kier alpha value is -3.03. The standard InChI is InChI=1S/C22H23F4N3O/c1-3-5-11-29(4-2)19-10-9-14(12-16(19)22(24,25)26)27-13-15-20-17(23)7-6-8-18(20)28-21(15)30/h6-10,12-13,27H,3-5,11H2,1-2H3,(H,28,30). The molecule has 0 unspecified atom stereocenters. The van der Waals surface area contributed by atoms with Crippen LogP contribution < -0.4 is 15.5 Å². The van der Waals surface area contributed by atoms with Gasteiger partial charge in [0.2, 0.25) is 0 Å². The van der Waals surface area contributed by atoms with Crippen molar-refractivity contribution in [3.8, 4) is 0 Å². The third-order valence-corrected chi connectivity index (χ3v) is 4.96. The van der Waals surface area contributed by atoms with Crippen molar-refractivity contribution in [3.05, 3.63) is 59.5 Å². The zero-order valence-corrected chi connectivity index (χ0v) is 16.7. The monoisotopic (exact) mass is 421 g/mol. The second-order valence-electron chi connectivity index (χ2n) is 6.98. The van der Waals surface area contributed by atoms with Crippen molar-refractivity contribution in [3.63, 3.8) is 0 Å². The zero-order chi connectivity index (χ0) is 21.9. The van der Waals surface area contributed by atoms with E-state index in [1.807, 2.05) is 13.8 Å². The van der Waals surface area contributed by atoms with Crippen LogP contribution in [0.3, 0.4) is 0 Å². The van der Waals surface area contributed by atoms with Crippen LogP contribution in [0.25, 0.3) is 5.57 Å². The summed E-state index contributed by atoms with van der Waals surface area (Å²) >= 11 is 0. The zero-order valence-electron chi connectivity index (χ0n) is 16.7. The average molecular weight is 421 g/mol. The summed E-state index contributed by atoms with van der Waals surface area (Å²) in [4.78, 5) is 13.8. The van der Waals surface area contributed by atoms with E-state index in [4.69, 9.17) is 0 Å². The lowest BCUT2D eigenvalue weighted by Crippen LogP contribution is -2.26. The van der Waals surface area contributed by atoms with Crippen LogP contribution in [0.15, 0.2) is 42.6 Å². The van der Waals surface area contributed by atoms with Crippen molar-refractivity contribution in [2.24, 2.45) is 0 Å². The molecule has 2 N–H and O–H groups in total. The molecule has 160 valence electrons. The molecule has 0 spiro atoms. The third kappa shape index (κ3) is 4.42. The molecule has 4 nitrogen and oxygen atoms in total. The van der Waals surface area contributed by atoms with E-state index in [9.17, 15) is 22.4 Å². The molecule has 0 saturated carbocycles. The van der Waals surface area contributed by atoms with Gasteiger partial charge in [0.15, 0.2) is 0 Å². The molecule has 1 aliphatic heterocycles. The van der Waals surface area contributed by atoms with Crippen molar-refractivity contribution in [1.29, 1.82) is 0 Å². The molecular formula is C22H23F4N3O. The minimum absolute atomic E-state index is 0.0267. The highest BCUT2D eigenvalue weighted by Gasteiger charge is 2.35. The fourth-order valence-electron chi connectivity index (χ4n) is 3.42. The molecule has 1 amide bonds. The van der Waals surface area contributed by atoms with E-state index >= 15 is 0 Å². The number of amides is 1. The van der Waals surface area contributed by atoms with Crippen LogP contribution in [0, 0.1) is 5.82 Å². The van der Waals surface area contributed by atoms with E-state index in [2.05, 4.69) is 10.6 Å². The van der Waals surface area contributed by atoms with Crippen molar-refractivity contribution in [2.45, 2.75) is 32.9 Å². The van der Waals surface area contributed by atoms with Gasteiger partial charge in [-0.25, -0.2) is 4.39 Å². The van der Waals surface area contributed by atoms with E-state index in [0.29, 0.717) is 18.8 Å². The highest BCUT2D eigenvalue weighted by molar-refractivity contribution is 6.31. The first-order valence-corrected chi connectivity index (χ1v) is 9.79. The largest absolute Gasteiger partial charge is 0.418 e. The van der Waals surface area contributed by atoms with Crippen molar-refractivity contribution in [2.75, 3.05) is 28.6 Å². The topological polar surface area (TPSA) is 44.4 Å². The van der Waals surface area contributed by atoms with Gasteiger partial charge in [-0.15, -0.1) is 0 Å². The Bertz CT molecular complexity index is 969. The second kappa shape index (κ2) is 8.77.